The topological polar surface area (TPSA) is 81.6 Å². The van der Waals surface area contributed by atoms with Gasteiger partial charge in [-0.15, -0.1) is 0 Å². The predicted molar refractivity (Wildman–Crippen MR) is 137 cm³/mol. The van der Waals surface area contributed by atoms with E-state index in [4.69, 9.17) is 0 Å². The van der Waals surface area contributed by atoms with E-state index in [1.54, 1.807) is 0 Å². The molecular formula is C29H52N2O3. The van der Waals surface area contributed by atoms with E-state index in [1.165, 1.54) is 32.1 Å². The molecule has 10 atom stereocenters. The second-order valence-corrected chi connectivity index (χ2v) is 14.0. The van der Waals surface area contributed by atoms with Crippen LogP contribution in [0.4, 0.5) is 4.79 Å². The van der Waals surface area contributed by atoms with Gasteiger partial charge in [-0.05, 0) is 125 Å². The monoisotopic (exact) mass is 476 g/mol. The first-order valence-electron chi connectivity index (χ1n) is 14.3. The third-order valence-electron chi connectivity index (χ3n) is 11.1. The molecule has 4 N–H and O–H groups in total. The van der Waals surface area contributed by atoms with E-state index in [9.17, 15) is 15.0 Å². The third-order valence-corrected chi connectivity index (χ3v) is 11.1. The molecule has 0 saturated heterocycles. The number of hydrogen-bond acceptors (Lipinski definition) is 3. The Hall–Kier alpha value is -0.810. The first kappa shape index (κ1) is 26.3. The van der Waals surface area contributed by atoms with E-state index in [-0.39, 0.29) is 29.2 Å². The summed E-state index contributed by atoms with van der Waals surface area (Å²) in [5, 5.41) is 28.3. The molecule has 0 radical (unpaired) electrons. The zero-order chi connectivity index (χ0) is 24.9. The van der Waals surface area contributed by atoms with Crippen molar-refractivity contribution in [1.82, 2.24) is 10.6 Å². The van der Waals surface area contributed by atoms with E-state index in [0.29, 0.717) is 40.9 Å². The van der Waals surface area contributed by atoms with Crippen LogP contribution in [0.3, 0.4) is 0 Å². The number of amides is 2. The van der Waals surface area contributed by atoms with Crippen molar-refractivity contribution in [3.8, 4) is 0 Å². The highest BCUT2D eigenvalue weighted by Gasteiger charge is 2.64. The fraction of sp³-hybridized carbons (Fsp3) is 0.966. The molecule has 4 aliphatic carbocycles. The fourth-order valence-corrected chi connectivity index (χ4v) is 9.48. The minimum atomic E-state index is -0.218. The van der Waals surface area contributed by atoms with Gasteiger partial charge >= 0.3 is 6.03 Å². The Morgan fingerprint density at radius 1 is 0.971 bits per heavy atom. The van der Waals surface area contributed by atoms with E-state index in [1.807, 2.05) is 20.8 Å². The summed E-state index contributed by atoms with van der Waals surface area (Å²) >= 11 is 0. The minimum Gasteiger partial charge on any atom is -0.393 e. The zero-order valence-corrected chi connectivity index (χ0v) is 22.7. The van der Waals surface area contributed by atoms with Crippen LogP contribution in [0.15, 0.2) is 0 Å². The number of carbonyl (C=O) groups is 1. The van der Waals surface area contributed by atoms with Crippen molar-refractivity contribution in [3.05, 3.63) is 0 Å². The van der Waals surface area contributed by atoms with Gasteiger partial charge in [0.05, 0.1) is 12.2 Å². The van der Waals surface area contributed by atoms with E-state index >= 15 is 0 Å². The molecule has 0 aromatic rings. The highest BCUT2D eigenvalue weighted by molar-refractivity contribution is 5.74. The molecule has 5 heteroatoms. The molecule has 0 unspecified atom stereocenters. The van der Waals surface area contributed by atoms with E-state index < -0.39 is 0 Å². The molecular weight excluding hydrogens is 424 g/mol. The Balaban J connectivity index is 1.42. The summed E-state index contributed by atoms with van der Waals surface area (Å²) in [6.07, 6.45) is 10.8. The summed E-state index contributed by atoms with van der Waals surface area (Å²) in [7, 11) is 0. The van der Waals surface area contributed by atoms with Gasteiger partial charge in [0.25, 0.3) is 0 Å². The normalized spacial score (nSPS) is 46.2. The SMILES string of the molecule is CC[C@H]1[C@@H](O)[C@@H]2[C@H](CC[C@]3(C)[C@@H](CCCNC(=O)NC(C)(C)C)CC[C@@H]23)[C@@]2(C)CC[C@@H](O)C[C@@H]12. The third kappa shape index (κ3) is 4.65. The lowest BCUT2D eigenvalue weighted by atomic mass is 9.41. The number of rotatable bonds is 5. The molecule has 4 saturated carbocycles. The summed E-state index contributed by atoms with van der Waals surface area (Å²) < 4.78 is 0. The zero-order valence-electron chi connectivity index (χ0n) is 22.7. The van der Waals surface area contributed by atoms with Gasteiger partial charge in [-0.2, -0.15) is 0 Å². The second kappa shape index (κ2) is 9.57. The summed E-state index contributed by atoms with van der Waals surface area (Å²) in [5.74, 6) is 3.11. The van der Waals surface area contributed by atoms with Crippen molar-refractivity contribution in [1.29, 1.82) is 0 Å². The van der Waals surface area contributed by atoms with Gasteiger partial charge in [0.15, 0.2) is 0 Å². The highest BCUT2D eigenvalue weighted by atomic mass is 16.3. The molecule has 4 rings (SSSR count). The Kier molecular flexibility index (Phi) is 7.39. The average molecular weight is 477 g/mol. The van der Waals surface area contributed by atoms with Crippen LogP contribution in [-0.4, -0.2) is 40.5 Å². The van der Waals surface area contributed by atoms with Crippen LogP contribution >= 0.6 is 0 Å². The molecule has 34 heavy (non-hydrogen) atoms. The maximum Gasteiger partial charge on any atom is 0.315 e. The number of aliphatic hydroxyl groups excluding tert-OH is 2. The van der Waals surface area contributed by atoms with Gasteiger partial charge < -0.3 is 20.8 Å². The van der Waals surface area contributed by atoms with Gasteiger partial charge in [0.2, 0.25) is 0 Å². The Morgan fingerprint density at radius 3 is 2.32 bits per heavy atom. The number of urea groups is 1. The molecule has 4 aliphatic rings. The molecule has 0 heterocycles. The largest absolute Gasteiger partial charge is 0.393 e. The summed E-state index contributed by atoms with van der Waals surface area (Å²) in [4.78, 5) is 12.1. The lowest BCUT2D eigenvalue weighted by molar-refractivity contribution is -0.202. The standard InChI is InChI=1S/C29H52N2O3/c1-7-20-23-17-19(32)12-14-29(23,6)22-13-15-28(5)18(10-11-21(28)24(22)25(20)33)9-8-16-30-26(34)31-27(2,3)4/h18-25,32-33H,7-17H2,1-6H3,(H2,30,31,34)/t18-,19+,20+,21-,22-,23-,24-,25+,28+,29+/m0/s1. The Morgan fingerprint density at radius 2 is 1.65 bits per heavy atom. The molecule has 4 fully saturated rings. The second-order valence-electron chi connectivity index (χ2n) is 14.0. The summed E-state index contributed by atoms with van der Waals surface area (Å²) in [6, 6.07) is -0.0696. The van der Waals surface area contributed by atoms with Crippen molar-refractivity contribution >= 4 is 6.03 Å². The van der Waals surface area contributed by atoms with Crippen molar-refractivity contribution in [2.45, 2.75) is 123 Å². The van der Waals surface area contributed by atoms with E-state index in [0.717, 1.165) is 38.6 Å². The first-order chi connectivity index (χ1) is 15.9. The molecule has 0 spiro atoms. The van der Waals surface area contributed by atoms with Crippen LogP contribution in [0.5, 0.6) is 0 Å². The minimum absolute atomic E-state index is 0.0696. The summed E-state index contributed by atoms with van der Waals surface area (Å²) in [6.45, 7) is 14.0. The van der Waals surface area contributed by atoms with Crippen molar-refractivity contribution in [3.63, 3.8) is 0 Å². The molecule has 0 aromatic carbocycles. The fourth-order valence-electron chi connectivity index (χ4n) is 9.48. The number of nitrogens with one attached hydrogen (secondary N) is 2. The predicted octanol–water partition coefficient (Wildman–Crippen LogP) is 5.49. The van der Waals surface area contributed by atoms with Gasteiger partial charge in [0, 0.05) is 12.1 Å². The van der Waals surface area contributed by atoms with Crippen LogP contribution in [0, 0.1) is 46.3 Å². The smallest absolute Gasteiger partial charge is 0.315 e. The van der Waals surface area contributed by atoms with Crippen molar-refractivity contribution in [2.75, 3.05) is 6.54 Å². The maximum absolute atomic E-state index is 12.1. The molecule has 5 nitrogen and oxygen atoms in total. The van der Waals surface area contributed by atoms with Crippen LogP contribution in [0.1, 0.15) is 106 Å². The molecule has 2 amide bonds. The molecule has 0 aliphatic heterocycles. The lowest BCUT2D eigenvalue weighted by Gasteiger charge is -2.64. The molecule has 0 aromatic heterocycles. The van der Waals surface area contributed by atoms with Crippen LogP contribution in [0.25, 0.3) is 0 Å². The van der Waals surface area contributed by atoms with Gasteiger partial charge in [-0.3, -0.25) is 0 Å². The quantitative estimate of drug-likeness (QED) is 0.396. The Bertz CT molecular complexity index is 735. The number of fused-ring (bicyclic) bond motifs is 5. The van der Waals surface area contributed by atoms with Crippen LogP contribution in [0.2, 0.25) is 0 Å². The molecule has 0 bridgehead atoms. The van der Waals surface area contributed by atoms with Crippen LogP contribution < -0.4 is 10.6 Å². The highest BCUT2D eigenvalue weighted by Crippen LogP contribution is 2.69. The number of aliphatic hydroxyl groups is 2. The van der Waals surface area contributed by atoms with E-state index in [2.05, 4.69) is 31.4 Å². The number of carbonyl (C=O) groups excluding carboxylic acids is 1. The number of hydrogen-bond donors (Lipinski definition) is 4. The molecule has 196 valence electrons. The summed E-state index contributed by atoms with van der Waals surface area (Å²) in [5.41, 5.74) is 0.372. The van der Waals surface area contributed by atoms with Gasteiger partial charge in [0.1, 0.15) is 0 Å². The van der Waals surface area contributed by atoms with Crippen LogP contribution in [-0.2, 0) is 0 Å². The van der Waals surface area contributed by atoms with Gasteiger partial charge in [-0.1, -0.05) is 27.2 Å². The average Bonchev–Trinajstić information content (AvgIpc) is 3.08. The first-order valence-corrected chi connectivity index (χ1v) is 14.3. The Labute approximate surface area is 208 Å². The maximum atomic E-state index is 12.1. The van der Waals surface area contributed by atoms with Gasteiger partial charge in [-0.25, -0.2) is 4.79 Å². The lowest BCUT2D eigenvalue weighted by Crippen LogP contribution is -2.62. The van der Waals surface area contributed by atoms with Crippen molar-refractivity contribution in [2.24, 2.45) is 46.3 Å². The van der Waals surface area contributed by atoms with Crippen molar-refractivity contribution < 1.29 is 15.0 Å².